The molecule has 1 aromatic carbocycles. The van der Waals surface area contributed by atoms with Crippen LogP contribution in [-0.4, -0.2) is 29.0 Å². The van der Waals surface area contributed by atoms with Crippen LogP contribution in [0.1, 0.15) is 43.6 Å². The van der Waals surface area contributed by atoms with Gasteiger partial charge in [-0.15, -0.1) is 0 Å². The van der Waals surface area contributed by atoms with Crippen molar-refractivity contribution in [3.05, 3.63) is 48.0 Å². The maximum absolute atomic E-state index is 14.4. The van der Waals surface area contributed by atoms with E-state index in [4.69, 9.17) is 5.11 Å². The molecule has 0 aliphatic heterocycles. The highest BCUT2D eigenvalue weighted by Gasteiger charge is 2.42. The van der Waals surface area contributed by atoms with Crippen LogP contribution in [0.3, 0.4) is 0 Å². The highest BCUT2D eigenvalue weighted by Crippen LogP contribution is 2.46. The van der Waals surface area contributed by atoms with Gasteiger partial charge >= 0.3 is 5.97 Å². The van der Waals surface area contributed by atoms with Crippen molar-refractivity contribution >= 4 is 5.97 Å². The van der Waals surface area contributed by atoms with Crippen LogP contribution in [0.5, 0.6) is 0 Å². The quantitative estimate of drug-likeness (QED) is 0.563. The van der Waals surface area contributed by atoms with Gasteiger partial charge in [0.15, 0.2) is 0 Å². The number of carbonyl (C=O) groups is 1. The van der Waals surface area contributed by atoms with Gasteiger partial charge in [0.2, 0.25) is 0 Å². The highest BCUT2D eigenvalue weighted by molar-refractivity contribution is 5.66. The lowest BCUT2D eigenvalue weighted by molar-refractivity contribution is -0.137. The first-order valence-electron chi connectivity index (χ1n) is 8.30. The van der Waals surface area contributed by atoms with E-state index in [0.717, 1.165) is 5.56 Å². The molecular weight excluding hydrogens is 295 g/mol. The number of rotatable bonds is 8. The Labute approximate surface area is 136 Å². The number of unbranched alkanes of at least 4 members (excludes halogenated alkanes) is 1. The van der Waals surface area contributed by atoms with Gasteiger partial charge in [-0.05, 0) is 49.0 Å². The number of halogens is 1. The predicted octanol–water partition coefficient (Wildman–Crippen LogP) is 3.94. The Kier molecular flexibility index (Phi) is 6.78. The summed E-state index contributed by atoms with van der Waals surface area (Å²) in [6.07, 6.45) is 5.49. The Hall–Kier alpha value is -1.68. The van der Waals surface area contributed by atoms with E-state index in [1.165, 1.54) is 0 Å². The second-order valence-corrected chi connectivity index (χ2v) is 6.27. The maximum atomic E-state index is 14.4. The molecule has 0 heterocycles. The third-order valence-corrected chi connectivity index (χ3v) is 4.79. The summed E-state index contributed by atoms with van der Waals surface area (Å²) in [4.78, 5) is 10.4. The minimum absolute atomic E-state index is 0.00248. The molecule has 3 nitrogen and oxygen atoms in total. The number of hydrogen-bond donors (Lipinski definition) is 2. The highest BCUT2D eigenvalue weighted by atomic mass is 19.1. The van der Waals surface area contributed by atoms with Crippen LogP contribution in [0.25, 0.3) is 0 Å². The monoisotopic (exact) mass is 320 g/mol. The predicted molar refractivity (Wildman–Crippen MR) is 88.0 cm³/mol. The molecule has 1 aliphatic rings. The normalized spacial score (nSPS) is 27.6. The van der Waals surface area contributed by atoms with Crippen molar-refractivity contribution in [1.82, 2.24) is 0 Å². The molecule has 1 unspecified atom stereocenters. The zero-order valence-electron chi connectivity index (χ0n) is 13.3. The maximum Gasteiger partial charge on any atom is 0.303 e. The molecule has 1 fully saturated rings. The van der Waals surface area contributed by atoms with Crippen LogP contribution in [0.15, 0.2) is 42.5 Å². The average molecular weight is 320 g/mol. The number of carboxylic acid groups (broad SMARTS) is 1. The molecule has 0 amide bonds. The smallest absolute Gasteiger partial charge is 0.303 e. The Morgan fingerprint density at radius 3 is 2.61 bits per heavy atom. The van der Waals surface area contributed by atoms with Gasteiger partial charge in [-0.3, -0.25) is 4.79 Å². The third-order valence-electron chi connectivity index (χ3n) is 4.79. The summed E-state index contributed by atoms with van der Waals surface area (Å²) < 4.78 is 14.4. The summed E-state index contributed by atoms with van der Waals surface area (Å²) >= 11 is 0. The van der Waals surface area contributed by atoms with Crippen LogP contribution in [0.4, 0.5) is 4.39 Å². The summed E-state index contributed by atoms with van der Waals surface area (Å²) in [7, 11) is 0. The van der Waals surface area contributed by atoms with Crippen molar-refractivity contribution in [3.63, 3.8) is 0 Å². The summed E-state index contributed by atoms with van der Waals surface area (Å²) in [5.74, 6) is -0.942. The Balaban J connectivity index is 1.91. The van der Waals surface area contributed by atoms with Gasteiger partial charge in [0.25, 0.3) is 0 Å². The Morgan fingerprint density at radius 2 is 1.96 bits per heavy atom. The standard InChI is InChI=1S/C19H25FO3/c20-18-12-16(14-8-4-3-5-9-14)17(13-21)15(18)10-6-1-2-7-11-19(22)23/h1,3-6,8-9,15-18,21H,2,7,10-13H2,(H,22,23)/b6-1-/t15-,16?,17-,18+/m0/s1. The molecule has 4 heteroatoms. The number of benzene rings is 1. The summed E-state index contributed by atoms with van der Waals surface area (Å²) in [5.41, 5.74) is 1.10. The second-order valence-electron chi connectivity index (χ2n) is 6.27. The number of hydrogen-bond acceptors (Lipinski definition) is 2. The van der Waals surface area contributed by atoms with Gasteiger partial charge in [0.05, 0.1) is 0 Å². The molecule has 0 radical (unpaired) electrons. The Bertz CT molecular complexity index is 515. The minimum atomic E-state index is -0.902. The molecule has 0 spiro atoms. The molecule has 1 aliphatic carbocycles. The van der Waals surface area contributed by atoms with Gasteiger partial charge < -0.3 is 10.2 Å². The fourth-order valence-corrected chi connectivity index (χ4v) is 3.57. The lowest BCUT2D eigenvalue weighted by Gasteiger charge is -2.22. The topological polar surface area (TPSA) is 57.5 Å². The van der Waals surface area contributed by atoms with Crippen LogP contribution in [0, 0.1) is 11.8 Å². The summed E-state index contributed by atoms with van der Waals surface area (Å²) in [5, 5.41) is 18.3. The van der Waals surface area contributed by atoms with Gasteiger partial charge in [-0.2, -0.15) is 0 Å². The van der Waals surface area contributed by atoms with Gasteiger partial charge in [-0.25, -0.2) is 4.39 Å². The summed E-state index contributed by atoms with van der Waals surface area (Å²) in [6, 6.07) is 9.85. The molecule has 0 saturated heterocycles. The van der Waals surface area contributed by atoms with Crippen molar-refractivity contribution in [2.45, 2.75) is 44.2 Å². The summed E-state index contributed by atoms with van der Waals surface area (Å²) in [6.45, 7) is -0.00248. The average Bonchev–Trinajstić information content (AvgIpc) is 2.87. The van der Waals surface area contributed by atoms with E-state index in [1.807, 2.05) is 42.5 Å². The van der Waals surface area contributed by atoms with E-state index in [-0.39, 0.29) is 30.8 Å². The lowest BCUT2D eigenvalue weighted by atomic mass is 9.84. The number of carboxylic acids is 1. The molecule has 0 bridgehead atoms. The van der Waals surface area contributed by atoms with E-state index in [9.17, 15) is 14.3 Å². The fourth-order valence-electron chi connectivity index (χ4n) is 3.57. The molecular formula is C19H25FO3. The zero-order valence-corrected chi connectivity index (χ0v) is 13.3. The van der Waals surface area contributed by atoms with Crippen molar-refractivity contribution in [3.8, 4) is 0 Å². The fraction of sp³-hybridized carbons (Fsp3) is 0.526. The van der Waals surface area contributed by atoms with Crippen LogP contribution in [0.2, 0.25) is 0 Å². The number of aliphatic hydroxyl groups is 1. The van der Waals surface area contributed by atoms with Crippen LogP contribution in [-0.2, 0) is 4.79 Å². The SMILES string of the molecule is O=C(O)CCC/C=C\C[C@@H]1[C@H](F)CC(c2ccccc2)[C@H]1CO. The first-order chi connectivity index (χ1) is 11.1. The van der Waals surface area contributed by atoms with Gasteiger partial charge in [0, 0.05) is 13.0 Å². The number of alkyl halides is 1. The number of aliphatic hydroxyl groups excluding tert-OH is 1. The molecule has 1 aromatic rings. The van der Waals surface area contributed by atoms with Crippen molar-refractivity contribution in [1.29, 1.82) is 0 Å². The molecule has 23 heavy (non-hydrogen) atoms. The largest absolute Gasteiger partial charge is 0.481 e. The zero-order chi connectivity index (χ0) is 16.7. The Morgan fingerprint density at radius 1 is 1.22 bits per heavy atom. The van der Waals surface area contributed by atoms with E-state index in [0.29, 0.717) is 25.7 Å². The lowest BCUT2D eigenvalue weighted by Crippen LogP contribution is -2.20. The number of aliphatic carboxylic acids is 1. The first kappa shape index (κ1) is 17.7. The van der Waals surface area contributed by atoms with E-state index < -0.39 is 12.1 Å². The van der Waals surface area contributed by atoms with Gasteiger partial charge in [0.1, 0.15) is 6.17 Å². The van der Waals surface area contributed by atoms with Crippen molar-refractivity contribution in [2.75, 3.05) is 6.61 Å². The van der Waals surface area contributed by atoms with E-state index in [2.05, 4.69) is 0 Å². The van der Waals surface area contributed by atoms with Crippen LogP contribution >= 0.6 is 0 Å². The van der Waals surface area contributed by atoms with Crippen LogP contribution < -0.4 is 0 Å². The van der Waals surface area contributed by atoms with Gasteiger partial charge in [-0.1, -0.05) is 42.5 Å². The molecule has 2 rings (SSSR count). The first-order valence-corrected chi connectivity index (χ1v) is 8.30. The minimum Gasteiger partial charge on any atom is -0.481 e. The molecule has 2 N–H and O–H groups in total. The molecule has 126 valence electrons. The van der Waals surface area contributed by atoms with Crippen molar-refractivity contribution in [2.24, 2.45) is 11.8 Å². The molecule has 1 saturated carbocycles. The number of allylic oxidation sites excluding steroid dienone is 2. The third kappa shape index (κ3) is 4.90. The van der Waals surface area contributed by atoms with Crippen molar-refractivity contribution < 1.29 is 19.4 Å². The van der Waals surface area contributed by atoms with E-state index >= 15 is 0 Å². The van der Waals surface area contributed by atoms with E-state index in [1.54, 1.807) is 0 Å². The molecule has 0 aromatic heterocycles. The second kappa shape index (κ2) is 8.82. The molecule has 4 atom stereocenters.